The molecule has 1 atom stereocenters. The average molecular weight is 694 g/mol. The molecule has 1 N–H and O–H groups in total. The zero-order chi connectivity index (χ0) is 35.5. The molecule has 0 aliphatic heterocycles. The van der Waals surface area contributed by atoms with Gasteiger partial charge in [0.1, 0.15) is 29.9 Å². The number of halogens is 1. The number of amides is 2. The van der Waals surface area contributed by atoms with Crippen molar-refractivity contribution in [3.8, 4) is 11.5 Å². The van der Waals surface area contributed by atoms with E-state index < -0.39 is 40.2 Å². The Morgan fingerprint density at radius 2 is 1.30 bits per heavy atom. The number of nitrogens with one attached hydrogen (secondary N) is 1. The lowest BCUT2D eigenvalue weighted by Crippen LogP contribution is -2.53. The number of anilines is 1. The molecule has 8 nitrogen and oxygen atoms in total. The first-order valence-electron chi connectivity index (χ1n) is 16.4. The Morgan fingerprint density at radius 1 is 0.740 bits per heavy atom. The molecule has 258 valence electrons. The van der Waals surface area contributed by atoms with Gasteiger partial charge in [0, 0.05) is 25.1 Å². The van der Waals surface area contributed by atoms with Gasteiger partial charge < -0.3 is 15.0 Å². The van der Waals surface area contributed by atoms with Crippen LogP contribution < -0.4 is 14.4 Å². The van der Waals surface area contributed by atoms with Crippen LogP contribution >= 0.6 is 0 Å². The largest absolute Gasteiger partial charge is 0.457 e. The van der Waals surface area contributed by atoms with Crippen LogP contribution in [0.15, 0.2) is 144 Å². The first-order chi connectivity index (χ1) is 24.1. The number of hydrogen-bond donors (Lipinski definition) is 1. The summed E-state index contributed by atoms with van der Waals surface area (Å²) in [7, 11) is -4.29. The summed E-state index contributed by atoms with van der Waals surface area (Å²) >= 11 is 0. The van der Waals surface area contributed by atoms with Crippen molar-refractivity contribution in [1.82, 2.24) is 10.2 Å². The molecule has 2 amide bonds. The predicted molar refractivity (Wildman–Crippen MR) is 193 cm³/mol. The predicted octanol–water partition coefficient (Wildman–Crippen LogP) is 7.23. The zero-order valence-corrected chi connectivity index (χ0v) is 28.8. The minimum atomic E-state index is -4.29. The zero-order valence-electron chi connectivity index (χ0n) is 28.0. The van der Waals surface area contributed by atoms with Gasteiger partial charge in [0.25, 0.3) is 10.0 Å². The third kappa shape index (κ3) is 9.35. The van der Waals surface area contributed by atoms with E-state index >= 15 is 4.39 Å². The molecule has 5 rings (SSSR count). The van der Waals surface area contributed by atoms with Crippen molar-refractivity contribution in [3.63, 3.8) is 0 Å². The normalized spacial score (nSPS) is 11.8. The van der Waals surface area contributed by atoms with Crippen LogP contribution in [0.5, 0.6) is 11.5 Å². The van der Waals surface area contributed by atoms with E-state index in [-0.39, 0.29) is 35.0 Å². The van der Waals surface area contributed by atoms with E-state index in [0.717, 1.165) is 9.87 Å². The van der Waals surface area contributed by atoms with Crippen molar-refractivity contribution in [2.75, 3.05) is 17.4 Å². The summed E-state index contributed by atoms with van der Waals surface area (Å²) in [5, 5.41) is 2.93. The average Bonchev–Trinajstić information content (AvgIpc) is 3.13. The summed E-state index contributed by atoms with van der Waals surface area (Å²) in [4.78, 5) is 29.7. The maximum atomic E-state index is 15.1. The van der Waals surface area contributed by atoms with E-state index in [4.69, 9.17) is 4.74 Å². The number of hydrogen-bond acceptors (Lipinski definition) is 5. The van der Waals surface area contributed by atoms with E-state index in [1.165, 1.54) is 23.1 Å². The highest BCUT2D eigenvalue weighted by Gasteiger charge is 2.35. The van der Waals surface area contributed by atoms with Gasteiger partial charge >= 0.3 is 0 Å². The van der Waals surface area contributed by atoms with E-state index in [0.29, 0.717) is 18.0 Å². The van der Waals surface area contributed by atoms with E-state index in [2.05, 4.69) is 5.32 Å². The Morgan fingerprint density at radius 3 is 1.92 bits per heavy atom. The smallest absolute Gasteiger partial charge is 0.264 e. The maximum Gasteiger partial charge on any atom is 0.264 e. The topological polar surface area (TPSA) is 96.0 Å². The molecule has 0 fully saturated rings. The first-order valence-corrected chi connectivity index (χ1v) is 17.8. The van der Waals surface area contributed by atoms with Gasteiger partial charge in [-0.2, -0.15) is 0 Å². The lowest BCUT2D eigenvalue weighted by molar-refractivity contribution is -0.140. The van der Waals surface area contributed by atoms with E-state index in [1.807, 2.05) is 62.4 Å². The third-order valence-electron chi connectivity index (χ3n) is 7.97. The van der Waals surface area contributed by atoms with Gasteiger partial charge in [0.2, 0.25) is 11.8 Å². The first kappa shape index (κ1) is 35.8. The number of nitrogens with zero attached hydrogens (tertiary/aromatic N) is 2. The monoisotopic (exact) mass is 693 g/mol. The second kappa shape index (κ2) is 16.8. The fraction of sp³-hybridized carbons (Fsp3) is 0.200. The number of benzene rings is 5. The minimum Gasteiger partial charge on any atom is -0.457 e. The molecule has 0 spiro atoms. The van der Waals surface area contributed by atoms with E-state index in [9.17, 15) is 18.0 Å². The van der Waals surface area contributed by atoms with Crippen molar-refractivity contribution in [2.24, 2.45) is 5.92 Å². The highest BCUT2D eigenvalue weighted by atomic mass is 32.2. The molecule has 0 aliphatic carbocycles. The second-order valence-electron chi connectivity index (χ2n) is 12.2. The van der Waals surface area contributed by atoms with Crippen LogP contribution in [0.2, 0.25) is 0 Å². The van der Waals surface area contributed by atoms with Crippen molar-refractivity contribution >= 4 is 27.5 Å². The lowest BCUT2D eigenvalue weighted by Gasteiger charge is -2.34. The Bertz CT molecular complexity index is 1960. The number of para-hydroxylation sites is 1. The van der Waals surface area contributed by atoms with Crippen LogP contribution in [0.25, 0.3) is 0 Å². The molecule has 5 aromatic rings. The molecule has 0 unspecified atom stereocenters. The molecular formula is C40H40FN3O5S. The molecule has 10 heteroatoms. The molecular weight excluding hydrogens is 654 g/mol. The number of carbonyl (C=O) groups is 2. The van der Waals surface area contributed by atoms with Crippen molar-refractivity contribution in [2.45, 2.75) is 37.8 Å². The standard InChI is InChI=1S/C40H40FN3O5S/c1-30(2)27-42-40(46)38(26-31-14-6-3-7-15-31)43(28-32-16-12-13-21-37(32)41)39(45)29-44(50(47,48)36-19-10-5-11-20-36)33-22-24-35(25-23-33)49-34-17-8-4-9-18-34/h3-25,30,38H,26-29H2,1-2H3,(H,42,46)/t38-/m1/s1. The minimum absolute atomic E-state index is 0.0198. The number of rotatable bonds is 15. The number of sulfonamides is 1. The van der Waals surface area contributed by atoms with Crippen molar-refractivity contribution < 1.29 is 27.1 Å². The fourth-order valence-electron chi connectivity index (χ4n) is 5.34. The van der Waals surface area contributed by atoms with Gasteiger partial charge in [-0.1, -0.05) is 98.8 Å². The quantitative estimate of drug-likeness (QED) is 0.125. The second-order valence-corrected chi connectivity index (χ2v) is 14.1. The molecule has 0 bridgehead atoms. The Balaban J connectivity index is 1.55. The molecule has 0 radical (unpaired) electrons. The summed E-state index contributed by atoms with van der Waals surface area (Å²) in [5.74, 6) is -0.450. The molecule has 0 saturated heterocycles. The van der Waals surface area contributed by atoms with Gasteiger partial charge in [-0.15, -0.1) is 0 Å². The SMILES string of the molecule is CC(C)CNC(=O)[C@@H](Cc1ccccc1)N(Cc1ccccc1F)C(=O)CN(c1ccc(Oc2ccccc2)cc1)S(=O)(=O)c1ccccc1. The van der Waals surface area contributed by atoms with Gasteiger partial charge in [0.05, 0.1) is 10.6 Å². The van der Waals surface area contributed by atoms with Gasteiger partial charge in [-0.3, -0.25) is 13.9 Å². The summed E-state index contributed by atoms with van der Waals surface area (Å²) in [6.07, 6.45) is 0.127. The number of carbonyl (C=O) groups excluding carboxylic acids is 2. The lowest BCUT2D eigenvalue weighted by atomic mass is 10.0. The van der Waals surface area contributed by atoms with Crippen LogP contribution in [-0.2, 0) is 32.6 Å². The molecule has 0 heterocycles. The molecule has 5 aromatic carbocycles. The molecule has 0 aromatic heterocycles. The highest BCUT2D eigenvalue weighted by molar-refractivity contribution is 7.92. The highest BCUT2D eigenvalue weighted by Crippen LogP contribution is 2.29. The molecule has 0 saturated carbocycles. The summed E-state index contributed by atoms with van der Waals surface area (Å²) in [5.41, 5.74) is 1.18. The van der Waals surface area contributed by atoms with Crippen LogP contribution in [0.4, 0.5) is 10.1 Å². The fourth-order valence-corrected chi connectivity index (χ4v) is 6.78. The van der Waals surface area contributed by atoms with Crippen molar-refractivity contribution in [1.29, 1.82) is 0 Å². The van der Waals surface area contributed by atoms with Crippen molar-refractivity contribution in [3.05, 3.63) is 156 Å². The molecule has 0 aliphatic rings. The van der Waals surface area contributed by atoms with Gasteiger partial charge in [0.15, 0.2) is 0 Å². The van der Waals surface area contributed by atoms with Crippen LogP contribution in [0, 0.1) is 11.7 Å². The Kier molecular flexibility index (Phi) is 12.0. The third-order valence-corrected chi connectivity index (χ3v) is 9.76. The summed E-state index contributed by atoms with van der Waals surface area (Å²) in [6, 6.07) is 37.5. The van der Waals surface area contributed by atoms with Gasteiger partial charge in [-0.25, -0.2) is 12.8 Å². The van der Waals surface area contributed by atoms with Gasteiger partial charge in [-0.05, 0) is 66.1 Å². The van der Waals surface area contributed by atoms with Crippen LogP contribution in [0.3, 0.4) is 0 Å². The number of ether oxygens (including phenoxy) is 1. The summed E-state index contributed by atoms with van der Waals surface area (Å²) < 4.78 is 50.5. The maximum absolute atomic E-state index is 15.1. The van der Waals surface area contributed by atoms with Crippen LogP contribution in [0.1, 0.15) is 25.0 Å². The van der Waals surface area contributed by atoms with E-state index in [1.54, 1.807) is 72.8 Å². The Labute approximate surface area is 293 Å². The Hall–Kier alpha value is -5.48. The summed E-state index contributed by atoms with van der Waals surface area (Å²) in [6.45, 7) is 3.35. The van der Waals surface area contributed by atoms with Crippen LogP contribution in [-0.4, -0.2) is 44.3 Å². The molecule has 50 heavy (non-hydrogen) atoms.